The van der Waals surface area contributed by atoms with Crippen molar-refractivity contribution in [3.63, 3.8) is 0 Å². The van der Waals surface area contributed by atoms with Gasteiger partial charge in [-0.3, -0.25) is 4.79 Å². The molecule has 2 rings (SSSR count). The maximum absolute atomic E-state index is 11.6. The van der Waals surface area contributed by atoms with Crippen molar-refractivity contribution >= 4 is 5.91 Å². The second kappa shape index (κ2) is 3.73. The number of nitrogens with one attached hydrogen (secondary N) is 1. The predicted molar refractivity (Wildman–Crippen MR) is 55.7 cm³/mol. The second-order valence-electron chi connectivity index (χ2n) is 4.60. The van der Waals surface area contributed by atoms with Gasteiger partial charge in [-0.15, -0.1) is 0 Å². The topological polar surface area (TPSA) is 55.1 Å². The second-order valence-corrected chi connectivity index (χ2v) is 4.60. The van der Waals surface area contributed by atoms with Gasteiger partial charge in [0.05, 0.1) is 0 Å². The minimum absolute atomic E-state index is 0.126. The number of carbonyl (C=O) groups is 1. The van der Waals surface area contributed by atoms with Gasteiger partial charge in [0, 0.05) is 18.0 Å². The largest absolute Gasteiger partial charge is 0.353 e. The highest BCUT2D eigenvalue weighted by atomic mass is 16.1. The third-order valence-electron chi connectivity index (χ3n) is 3.23. The molecule has 0 unspecified atom stereocenters. The molecular formula is C11H18N2O. The number of amides is 1. The molecule has 0 heterocycles. The van der Waals surface area contributed by atoms with E-state index in [-0.39, 0.29) is 11.4 Å². The zero-order chi connectivity index (χ0) is 10.0. The Morgan fingerprint density at radius 3 is 2.57 bits per heavy atom. The summed E-state index contributed by atoms with van der Waals surface area (Å²) in [6, 6.07) is 0.325. The summed E-state index contributed by atoms with van der Waals surface area (Å²) < 4.78 is 0. The molecule has 0 aromatic rings. The summed E-state index contributed by atoms with van der Waals surface area (Å²) in [6.07, 6.45) is 9.87. The molecule has 0 aliphatic heterocycles. The summed E-state index contributed by atoms with van der Waals surface area (Å²) in [5.41, 5.74) is 5.82. The van der Waals surface area contributed by atoms with E-state index in [0.717, 1.165) is 25.7 Å². The lowest BCUT2D eigenvalue weighted by Gasteiger charge is -2.37. The number of hydrogen-bond donors (Lipinski definition) is 2. The Morgan fingerprint density at radius 1 is 1.43 bits per heavy atom. The Morgan fingerprint density at radius 2 is 2.07 bits per heavy atom. The summed E-state index contributed by atoms with van der Waals surface area (Å²) in [4.78, 5) is 11.6. The van der Waals surface area contributed by atoms with E-state index in [1.165, 1.54) is 6.42 Å². The van der Waals surface area contributed by atoms with E-state index in [1.807, 2.05) is 0 Å². The van der Waals surface area contributed by atoms with E-state index in [0.29, 0.717) is 12.5 Å². The predicted octanol–water partition coefficient (Wildman–Crippen LogP) is 1.09. The average Bonchev–Trinajstić information content (AvgIpc) is 2.53. The van der Waals surface area contributed by atoms with Gasteiger partial charge >= 0.3 is 0 Å². The van der Waals surface area contributed by atoms with E-state index in [9.17, 15) is 4.79 Å². The number of carbonyl (C=O) groups excluding carboxylic acids is 1. The molecule has 3 N–H and O–H groups in total. The van der Waals surface area contributed by atoms with E-state index < -0.39 is 0 Å². The van der Waals surface area contributed by atoms with Gasteiger partial charge in [0.15, 0.2) is 0 Å². The van der Waals surface area contributed by atoms with Crippen LogP contribution in [0.5, 0.6) is 0 Å². The molecule has 1 amide bonds. The highest BCUT2D eigenvalue weighted by Gasteiger charge is 2.34. The maximum atomic E-state index is 11.6. The van der Waals surface area contributed by atoms with Crippen LogP contribution in [0.2, 0.25) is 0 Å². The Kier molecular flexibility index (Phi) is 2.59. The van der Waals surface area contributed by atoms with Crippen LogP contribution in [0.25, 0.3) is 0 Å². The van der Waals surface area contributed by atoms with Gasteiger partial charge in [0.2, 0.25) is 5.91 Å². The van der Waals surface area contributed by atoms with Crippen molar-refractivity contribution in [2.75, 3.05) is 0 Å². The molecule has 1 fully saturated rings. The first kappa shape index (κ1) is 9.71. The van der Waals surface area contributed by atoms with Crippen LogP contribution >= 0.6 is 0 Å². The lowest BCUT2D eigenvalue weighted by atomic mass is 9.75. The van der Waals surface area contributed by atoms with Gasteiger partial charge in [-0.2, -0.15) is 0 Å². The van der Waals surface area contributed by atoms with Crippen LogP contribution in [0.4, 0.5) is 0 Å². The normalized spacial score (nSPS) is 24.6. The Bertz CT molecular complexity index is 248. The Balaban J connectivity index is 1.73. The van der Waals surface area contributed by atoms with Gasteiger partial charge in [0.25, 0.3) is 0 Å². The van der Waals surface area contributed by atoms with Crippen molar-refractivity contribution in [1.82, 2.24) is 5.32 Å². The first-order valence-corrected chi connectivity index (χ1v) is 5.41. The third kappa shape index (κ3) is 2.15. The molecule has 78 valence electrons. The molecule has 0 radical (unpaired) electrons. The summed E-state index contributed by atoms with van der Waals surface area (Å²) in [5, 5.41) is 3.02. The monoisotopic (exact) mass is 194 g/mol. The molecule has 3 nitrogen and oxygen atoms in total. The molecule has 0 bridgehead atoms. The van der Waals surface area contributed by atoms with Crippen LogP contribution in [-0.2, 0) is 4.79 Å². The lowest BCUT2D eigenvalue weighted by Crippen LogP contribution is -2.50. The van der Waals surface area contributed by atoms with Crippen LogP contribution in [0.1, 0.15) is 38.5 Å². The first-order valence-electron chi connectivity index (χ1n) is 5.41. The van der Waals surface area contributed by atoms with Crippen LogP contribution in [0.3, 0.4) is 0 Å². The van der Waals surface area contributed by atoms with Crippen LogP contribution in [0.15, 0.2) is 12.2 Å². The van der Waals surface area contributed by atoms with Crippen molar-refractivity contribution in [2.24, 2.45) is 5.73 Å². The summed E-state index contributed by atoms with van der Waals surface area (Å²) in [5.74, 6) is 0.126. The molecule has 0 aromatic carbocycles. The van der Waals surface area contributed by atoms with Crippen molar-refractivity contribution < 1.29 is 4.79 Å². The minimum Gasteiger partial charge on any atom is -0.353 e. The van der Waals surface area contributed by atoms with E-state index in [1.54, 1.807) is 0 Å². The van der Waals surface area contributed by atoms with Gasteiger partial charge in [-0.1, -0.05) is 12.2 Å². The summed E-state index contributed by atoms with van der Waals surface area (Å²) >= 11 is 0. The standard InChI is InChI=1S/C11H18N2O/c12-11(6-3-7-11)8-10(14)13-9-4-1-2-5-9/h1-2,9H,3-8,12H2,(H,13,14). The number of nitrogens with two attached hydrogens (primary N) is 1. The zero-order valence-corrected chi connectivity index (χ0v) is 8.46. The fourth-order valence-corrected chi connectivity index (χ4v) is 2.14. The van der Waals surface area contributed by atoms with E-state index in [2.05, 4.69) is 17.5 Å². The molecule has 1 saturated carbocycles. The minimum atomic E-state index is -0.184. The molecule has 2 aliphatic carbocycles. The van der Waals surface area contributed by atoms with Crippen LogP contribution < -0.4 is 11.1 Å². The van der Waals surface area contributed by atoms with Gasteiger partial charge < -0.3 is 11.1 Å². The van der Waals surface area contributed by atoms with Crippen molar-refractivity contribution in [3.8, 4) is 0 Å². The Hall–Kier alpha value is -0.830. The summed E-state index contributed by atoms with van der Waals surface area (Å²) in [6.45, 7) is 0. The average molecular weight is 194 g/mol. The molecule has 0 spiro atoms. The number of rotatable bonds is 3. The fraction of sp³-hybridized carbons (Fsp3) is 0.727. The zero-order valence-electron chi connectivity index (χ0n) is 8.46. The molecule has 0 atom stereocenters. The molecule has 0 aromatic heterocycles. The van der Waals surface area contributed by atoms with Crippen molar-refractivity contribution in [1.29, 1.82) is 0 Å². The van der Waals surface area contributed by atoms with Gasteiger partial charge in [-0.05, 0) is 32.1 Å². The molecular weight excluding hydrogens is 176 g/mol. The van der Waals surface area contributed by atoms with Crippen molar-refractivity contribution in [3.05, 3.63) is 12.2 Å². The van der Waals surface area contributed by atoms with Crippen molar-refractivity contribution in [2.45, 2.75) is 50.1 Å². The molecule has 2 aliphatic rings. The van der Waals surface area contributed by atoms with Gasteiger partial charge in [-0.25, -0.2) is 0 Å². The molecule has 0 saturated heterocycles. The Labute approximate surface area is 84.7 Å². The fourth-order valence-electron chi connectivity index (χ4n) is 2.14. The lowest BCUT2D eigenvalue weighted by molar-refractivity contribution is -0.123. The third-order valence-corrected chi connectivity index (χ3v) is 3.23. The smallest absolute Gasteiger partial charge is 0.222 e. The highest BCUT2D eigenvalue weighted by molar-refractivity contribution is 5.77. The highest BCUT2D eigenvalue weighted by Crippen LogP contribution is 2.32. The van der Waals surface area contributed by atoms with E-state index >= 15 is 0 Å². The van der Waals surface area contributed by atoms with Gasteiger partial charge in [0.1, 0.15) is 0 Å². The molecule has 14 heavy (non-hydrogen) atoms. The molecule has 3 heteroatoms. The first-order chi connectivity index (χ1) is 6.68. The van der Waals surface area contributed by atoms with E-state index in [4.69, 9.17) is 5.73 Å². The van der Waals surface area contributed by atoms with Crippen LogP contribution in [0, 0.1) is 0 Å². The maximum Gasteiger partial charge on any atom is 0.222 e. The SMILES string of the molecule is NC1(CC(=O)NC2CC=CC2)CCC1. The quantitative estimate of drug-likeness (QED) is 0.661. The number of hydrogen-bond acceptors (Lipinski definition) is 2. The van der Waals surface area contributed by atoms with Crippen LogP contribution in [-0.4, -0.2) is 17.5 Å². The summed E-state index contributed by atoms with van der Waals surface area (Å²) in [7, 11) is 0.